The Hall–Kier alpha value is -3.40. The fraction of sp³-hybridized carbons (Fsp3) is 0.167. The van der Waals surface area contributed by atoms with Crippen LogP contribution in [-0.2, 0) is 0 Å². The lowest BCUT2D eigenvalue weighted by Crippen LogP contribution is -2.22. The van der Waals surface area contributed by atoms with Crippen molar-refractivity contribution >= 4 is 10.9 Å². The highest BCUT2D eigenvalue weighted by Crippen LogP contribution is 2.25. The van der Waals surface area contributed by atoms with Gasteiger partial charge in [0.25, 0.3) is 5.56 Å². The minimum atomic E-state index is -0.107. The third kappa shape index (κ3) is 3.18. The smallest absolute Gasteiger partial charge is 0.266 e. The molecule has 0 amide bonds. The quantitative estimate of drug-likeness (QED) is 0.532. The zero-order valence-electron chi connectivity index (χ0n) is 16.0. The summed E-state index contributed by atoms with van der Waals surface area (Å²) in [7, 11) is 0. The molecule has 0 fully saturated rings. The molecule has 1 aromatic heterocycles. The van der Waals surface area contributed by atoms with Crippen LogP contribution >= 0.6 is 0 Å². The van der Waals surface area contributed by atoms with E-state index in [0.717, 1.165) is 17.7 Å². The van der Waals surface area contributed by atoms with Gasteiger partial charge in [-0.2, -0.15) is 0 Å². The highest BCUT2D eigenvalue weighted by molar-refractivity contribution is 5.80. The van der Waals surface area contributed by atoms with Crippen LogP contribution in [0.4, 0.5) is 0 Å². The first-order valence-corrected chi connectivity index (χ1v) is 9.50. The summed E-state index contributed by atoms with van der Waals surface area (Å²) in [5.74, 6) is 1.20. The molecule has 0 spiro atoms. The Morgan fingerprint density at radius 3 is 2.32 bits per heavy atom. The van der Waals surface area contributed by atoms with E-state index in [1.807, 2.05) is 30.3 Å². The number of aromatic hydroxyl groups is 1. The highest BCUT2D eigenvalue weighted by atomic mass is 16.3. The van der Waals surface area contributed by atoms with Gasteiger partial charge >= 0.3 is 0 Å². The van der Waals surface area contributed by atoms with E-state index in [0.29, 0.717) is 22.6 Å². The number of fused-ring (bicyclic) bond motifs is 1. The zero-order valence-corrected chi connectivity index (χ0v) is 16.0. The molecule has 1 N–H and O–H groups in total. The zero-order chi connectivity index (χ0) is 19.7. The van der Waals surface area contributed by atoms with E-state index in [-0.39, 0.29) is 11.3 Å². The molecule has 0 aliphatic carbocycles. The molecule has 0 saturated carbocycles. The van der Waals surface area contributed by atoms with Gasteiger partial charge in [0, 0.05) is 5.56 Å². The van der Waals surface area contributed by atoms with Gasteiger partial charge in [0.2, 0.25) is 0 Å². The van der Waals surface area contributed by atoms with Gasteiger partial charge in [-0.1, -0.05) is 38.1 Å². The van der Waals surface area contributed by atoms with Gasteiger partial charge in [0.15, 0.2) is 0 Å². The molecule has 0 bridgehead atoms. The Morgan fingerprint density at radius 2 is 1.64 bits per heavy atom. The third-order valence-corrected chi connectivity index (χ3v) is 5.23. The van der Waals surface area contributed by atoms with Crippen LogP contribution in [0.2, 0.25) is 0 Å². The van der Waals surface area contributed by atoms with E-state index in [1.54, 1.807) is 34.9 Å². The molecular formula is C24H22N2O2. The summed E-state index contributed by atoms with van der Waals surface area (Å²) in [5.41, 5.74) is 3.34. The number of phenols is 1. The molecule has 0 aliphatic rings. The Balaban J connectivity index is 1.97. The van der Waals surface area contributed by atoms with Gasteiger partial charge < -0.3 is 5.11 Å². The highest BCUT2D eigenvalue weighted by Gasteiger charge is 2.15. The number of phenolic OH excluding ortho intramolecular Hbond substituents is 1. The number of nitrogens with zero attached hydrogens (tertiary/aromatic N) is 2. The summed E-state index contributed by atoms with van der Waals surface area (Å²) in [6.45, 7) is 4.36. The number of rotatable bonds is 4. The average Bonchev–Trinajstić information content (AvgIpc) is 2.74. The molecule has 4 heteroatoms. The molecule has 1 heterocycles. The standard InChI is InChI=1S/C24H22N2O2/c1-3-16(2)17-8-12-19(13-9-17)26-23(18-10-14-20(27)15-11-18)25-22-7-5-4-6-21(22)24(26)28/h4-16,27H,3H2,1-2H3. The van der Waals surface area contributed by atoms with Crippen LogP contribution in [0.1, 0.15) is 31.7 Å². The molecule has 0 radical (unpaired) electrons. The maximum atomic E-state index is 13.3. The maximum Gasteiger partial charge on any atom is 0.266 e. The van der Waals surface area contributed by atoms with Crippen LogP contribution in [0.5, 0.6) is 5.75 Å². The predicted octanol–water partition coefficient (Wildman–Crippen LogP) is 5.27. The van der Waals surface area contributed by atoms with E-state index in [2.05, 4.69) is 26.0 Å². The number of hydrogen-bond acceptors (Lipinski definition) is 3. The van der Waals surface area contributed by atoms with Crippen molar-refractivity contribution in [2.24, 2.45) is 0 Å². The van der Waals surface area contributed by atoms with Crippen molar-refractivity contribution in [1.82, 2.24) is 9.55 Å². The maximum absolute atomic E-state index is 13.3. The lowest BCUT2D eigenvalue weighted by atomic mass is 9.98. The lowest BCUT2D eigenvalue weighted by molar-refractivity contribution is 0.475. The van der Waals surface area contributed by atoms with Crippen LogP contribution in [0.15, 0.2) is 77.6 Å². The van der Waals surface area contributed by atoms with Crippen LogP contribution in [0, 0.1) is 0 Å². The second kappa shape index (κ2) is 7.31. The second-order valence-electron chi connectivity index (χ2n) is 7.04. The normalized spacial score (nSPS) is 12.2. The molecule has 1 unspecified atom stereocenters. The Kier molecular flexibility index (Phi) is 4.70. The van der Waals surface area contributed by atoms with Crippen molar-refractivity contribution in [1.29, 1.82) is 0 Å². The monoisotopic (exact) mass is 370 g/mol. The topological polar surface area (TPSA) is 55.1 Å². The number of para-hydroxylation sites is 1. The number of hydrogen-bond donors (Lipinski definition) is 1. The SMILES string of the molecule is CCC(C)c1ccc(-n2c(-c3ccc(O)cc3)nc3ccccc3c2=O)cc1. The van der Waals surface area contributed by atoms with Crippen molar-refractivity contribution in [3.05, 3.63) is 88.7 Å². The van der Waals surface area contributed by atoms with Crippen LogP contribution in [0.25, 0.3) is 28.0 Å². The molecule has 0 saturated heterocycles. The Labute approximate surface area is 163 Å². The molecule has 1 atom stereocenters. The van der Waals surface area contributed by atoms with E-state index >= 15 is 0 Å². The van der Waals surface area contributed by atoms with Gasteiger partial charge in [-0.3, -0.25) is 9.36 Å². The van der Waals surface area contributed by atoms with Gasteiger partial charge in [0.1, 0.15) is 11.6 Å². The molecule has 0 aliphatic heterocycles. The lowest BCUT2D eigenvalue weighted by Gasteiger charge is -2.15. The second-order valence-corrected chi connectivity index (χ2v) is 7.04. The summed E-state index contributed by atoms with van der Waals surface area (Å²) in [5, 5.41) is 10.2. The van der Waals surface area contributed by atoms with Crippen molar-refractivity contribution in [2.75, 3.05) is 0 Å². The molecule has 4 nitrogen and oxygen atoms in total. The minimum Gasteiger partial charge on any atom is -0.508 e. The van der Waals surface area contributed by atoms with Gasteiger partial charge in [-0.15, -0.1) is 0 Å². The molecule has 28 heavy (non-hydrogen) atoms. The minimum absolute atomic E-state index is 0.107. The first-order valence-electron chi connectivity index (χ1n) is 9.50. The van der Waals surface area contributed by atoms with E-state index in [4.69, 9.17) is 4.98 Å². The first kappa shape index (κ1) is 18.0. The third-order valence-electron chi connectivity index (χ3n) is 5.23. The predicted molar refractivity (Wildman–Crippen MR) is 113 cm³/mol. The molecule has 4 rings (SSSR count). The number of aromatic nitrogens is 2. The van der Waals surface area contributed by atoms with Gasteiger partial charge in [0.05, 0.1) is 16.6 Å². The Morgan fingerprint density at radius 1 is 0.964 bits per heavy atom. The molecular weight excluding hydrogens is 348 g/mol. The van der Waals surface area contributed by atoms with Crippen LogP contribution in [0.3, 0.4) is 0 Å². The molecule has 3 aromatic carbocycles. The summed E-state index contributed by atoms with van der Waals surface area (Å²) >= 11 is 0. The molecule has 140 valence electrons. The van der Waals surface area contributed by atoms with Crippen LogP contribution in [-0.4, -0.2) is 14.7 Å². The van der Waals surface area contributed by atoms with E-state index < -0.39 is 0 Å². The van der Waals surface area contributed by atoms with Crippen molar-refractivity contribution in [2.45, 2.75) is 26.2 Å². The summed E-state index contributed by atoms with van der Waals surface area (Å²) in [4.78, 5) is 18.1. The van der Waals surface area contributed by atoms with Crippen LogP contribution < -0.4 is 5.56 Å². The van der Waals surface area contributed by atoms with Gasteiger partial charge in [-0.05, 0) is 66.4 Å². The summed E-state index contributed by atoms with van der Waals surface area (Å²) < 4.78 is 1.65. The number of benzene rings is 3. The van der Waals surface area contributed by atoms with E-state index in [9.17, 15) is 9.90 Å². The largest absolute Gasteiger partial charge is 0.508 e. The van der Waals surface area contributed by atoms with E-state index in [1.165, 1.54) is 5.56 Å². The fourth-order valence-corrected chi connectivity index (χ4v) is 3.36. The first-order chi connectivity index (χ1) is 13.6. The van der Waals surface area contributed by atoms with Crippen molar-refractivity contribution in [3.63, 3.8) is 0 Å². The summed E-state index contributed by atoms with van der Waals surface area (Å²) in [6.07, 6.45) is 1.07. The average molecular weight is 370 g/mol. The summed E-state index contributed by atoms with van der Waals surface area (Å²) in [6, 6.07) is 22.2. The van der Waals surface area contributed by atoms with Crippen molar-refractivity contribution in [3.8, 4) is 22.8 Å². The van der Waals surface area contributed by atoms with Gasteiger partial charge in [-0.25, -0.2) is 4.98 Å². The molecule has 4 aromatic rings. The Bertz CT molecular complexity index is 1180. The van der Waals surface area contributed by atoms with Crippen molar-refractivity contribution < 1.29 is 5.11 Å². The fourth-order valence-electron chi connectivity index (χ4n) is 3.36.